The Morgan fingerprint density at radius 2 is 0.967 bits per heavy atom. The average Bonchev–Trinajstić information content (AvgIpc) is 3.20. The van der Waals surface area contributed by atoms with Gasteiger partial charge in [0.05, 0.1) is 34.4 Å². The molecule has 2 atom stereocenters. The Hall–Kier alpha value is -2.06. The zero-order chi connectivity index (χ0) is 44.1. The van der Waals surface area contributed by atoms with Gasteiger partial charge in [0.15, 0.2) is 0 Å². The maximum atomic E-state index is 12.7. The van der Waals surface area contributed by atoms with Crippen molar-refractivity contribution < 1.29 is 37.3 Å². The first-order valence-corrected chi connectivity index (χ1v) is 25.6. The number of likely N-dealkylation sites (N-methyl/N-ethyl adjacent to an activating group) is 1. The van der Waals surface area contributed by atoms with Crippen LogP contribution in [0.3, 0.4) is 0 Å². The lowest BCUT2D eigenvalue weighted by molar-refractivity contribution is -0.870. The van der Waals surface area contributed by atoms with Crippen LogP contribution in [0, 0.1) is 0 Å². The van der Waals surface area contributed by atoms with Gasteiger partial charge in [-0.15, -0.1) is 0 Å². The standard InChI is InChI=1S/C51H92NO7P/c1-6-8-10-12-14-16-18-20-22-24-26-27-29-31-33-35-37-39-41-43-46-56-48-50(49-58-60(54,55)57-47-45-52(3,4)5)59-51(53)44-42-40-38-36-34-32-30-28-25-23-21-19-17-15-13-11-9-7-2/h8,10,14,16-17,19-20,22-23,25-27,50H,6-7,9,11-13,15,18,21,24,28-49H2,1-5H3/b10-8-,16-14-,19-17-,22-20-,25-23-,27-26-. The molecule has 0 aromatic heterocycles. The number of esters is 1. The largest absolute Gasteiger partial charge is 0.756 e. The molecule has 0 bridgehead atoms. The fourth-order valence-electron chi connectivity index (χ4n) is 6.27. The summed E-state index contributed by atoms with van der Waals surface area (Å²) >= 11 is 0. The Balaban J connectivity index is 4.23. The van der Waals surface area contributed by atoms with Crippen LogP contribution in [0.25, 0.3) is 0 Å². The van der Waals surface area contributed by atoms with Crippen LogP contribution >= 0.6 is 7.82 Å². The fraction of sp³-hybridized carbons (Fsp3) is 0.745. The molecule has 0 aliphatic rings. The van der Waals surface area contributed by atoms with E-state index in [1.807, 2.05) is 21.1 Å². The summed E-state index contributed by atoms with van der Waals surface area (Å²) in [5.74, 6) is -0.348. The SMILES string of the molecule is CC/C=C\C/C=C\C/C=C\C/C=C\CCCCCCCCCOCC(COP(=O)([O-])OCC[N+](C)(C)C)OC(=O)CCCCCCCCC/C=C\C/C=C\CCCCCC. The number of hydrogen-bond acceptors (Lipinski definition) is 7. The van der Waals surface area contributed by atoms with Crippen molar-refractivity contribution in [1.29, 1.82) is 0 Å². The number of unbranched alkanes of at least 4 members (excludes halogenated alkanes) is 18. The molecule has 0 aromatic rings. The Labute approximate surface area is 370 Å². The second-order valence-electron chi connectivity index (χ2n) is 17.1. The average molecular weight is 862 g/mol. The highest BCUT2D eigenvalue weighted by atomic mass is 31.2. The van der Waals surface area contributed by atoms with Crippen molar-refractivity contribution in [2.45, 2.75) is 193 Å². The van der Waals surface area contributed by atoms with Gasteiger partial charge in [0, 0.05) is 13.0 Å². The fourth-order valence-corrected chi connectivity index (χ4v) is 7.00. The summed E-state index contributed by atoms with van der Waals surface area (Å²) in [5, 5.41) is 0. The third kappa shape index (κ3) is 47.0. The Bertz CT molecular complexity index is 1190. The molecule has 0 spiro atoms. The molecule has 0 aliphatic heterocycles. The molecule has 8 nitrogen and oxygen atoms in total. The molecule has 0 radical (unpaired) electrons. The van der Waals surface area contributed by atoms with Gasteiger partial charge in [-0.25, -0.2) is 0 Å². The van der Waals surface area contributed by atoms with Crippen molar-refractivity contribution in [3.05, 3.63) is 72.9 Å². The highest BCUT2D eigenvalue weighted by Gasteiger charge is 2.20. The van der Waals surface area contributed by atoms with Gasteiger partial charge in [-0.3, -0.25) is 9.36 Å². The predicted molar refractivity (Wildman–Crippen MR) is 254 cm³/mol. The van der Waals surface area contributed by atoms with Crippen molar-refractivity contribution in [3.63, 3.8) is 0 Å². The van der Waals surface area contributed by atoms with Gasteiger partial charge >= 0.3 is 5.97 Å². The minimum atomic E-state index is -4.54. The van der Waals surface area contributed by atoms with Crippen molar-refractivity contribution >= 4 is 13.8 Å². The molecule has 0 amide bonds. The van der Waals surface area contributed by atoms with Gasteiger partial charge in [-0.2, -0.15) is 0 Å². The number of quaternary nitrogens is 1. The summed E-state index contributed by atoms with van der Waals surface area (Å²) in [6, 6.07) is 0. The van der Waals surface area contributed by atoms with E-state index in [1.54, 1.807) is 0 Å². The number of phosphoric acid groups is 1. The van der Waals surface area contributed by atoms with Crippen LogP contribution in [0.4, 0.5) is 0 Å². The molecule has 348 valence electrons. The van der Waals surface area contributed by atoms with Crippen molar-refractivity contribution in [3.8, 4) is 0 Å². The van der Waals surface area contributed by atoms with Gasteiger partial charge in [0.25, 0.3) is 7.82 Å². The van der Waals surface area contributed by atoms with E-state index in [9.17, 15) is 14.3 Å². The van der Waals surface area contributed by atoms with Gasteiger partial charge in [-0.05, 0) is 83.5 Å². The van der Waals surface area contributed by atoms with E-state index in [2.05, 4.69) is 86.8 Å². The third-order valence-electron chi connectivity index (χ3n) is 9.99. The van der Waals surface area contributed by atoms with Crippen LogP contribution in [-0.4, -0.2) is 70.7 Å². The maximum Gasteiger partial charge on any atom is 0.306 e. The topological polar surface area (TPSA) is 94.1 Å². The van der Waals surface area contributed by atoms with Gasteiger partial charge in [0.1, 0.15) is 19.3 Å². The lowest BCUT2D eigenvalue weighted by Crippen LogP contribution is -2.37. The molecule has 0 rings (SSSR count). The lowest BCUT2D eigenvalue weighted by atomic mass is 10.1. The molecule has 0 N–H and O–H groups in total. The van der Waals surface area contributed by atoms with Crippen molar-refractivity contribution in [2.75, 3.05) is 54.1 Å². The molecule has 60 heavy (non-hydrogen) atoms. The first kappa shape index (κ1) is 57.9. The van der Waals surface area contributed by atoms with Crippen LogP contribution < -0.4 is 4.89 Å². The number of nitrogens with zero attached hydrogens (tertiary/aromatic N) is 1. The Morgan fingerprint density at radius 1 is 0.533 bits per heavy atom. The van der Waals surface area contributed by atoms with E-state index < -0.39 is 13.9 Å². The number of rotatable bonds is 44. The zero-order valence-electron chi connectivity index (χ0n) is 39.4. The summed E-state index contributed by atoms with van der Waals surface area (Å²) in [7, 11) is 1.33. The van der Waals surface area contributed by atoms with Crippen LogP contribution in [0.1, 0.15) is 187 Å². The normalized spacial score (nSPS) is 14.3. The Kier molecular flexibility index (Phi) is 42.1. The molecule has 2 unspecified atom stereocenters. The zero-order valence-corrected chi connectivity index (χ0v) is 40.3. The van der Waals surface area contributed by atoms with E-state index in [1.165, 1.54) is 83.5 Å². The quantitative estimate of drug-likeness (QED) is 0.0198. The van der Waals surface area contributed by atoms with Gasteiger partial charge in [0.2, 0.25) is 0 Å². The summed E-state index contributed by atoms with van der Waals surface area (Å²) in [6.07, 6.45) is 56.3. The van der Waals surface area contributed by atoms with Gasteiger partial charge < -0.3 is 27.9 Å². The van der Waals surface area contributed by atoms with E-state index in [0.717, 1.165) is 83.5 Å². The molecule has 0 saturated heterocycles. The molecule has 0 aromatic carbocycles. The highest BCUT2D eigenvalue weighted by Crippen LogP contribution is 2.38. The Morgan fingerprint density at radius 3 is 1.45 bits per heavy atom. The number of hydrogen-bond donors (Lipinski definition) is 0. The molecular weight excluding hydrogens is 770 g/mol. The predicted octanol–water partition coefficient (Wildman–Crippen LogP) is 14.0. The number of allylic oxidation sites excluding steroid dienone is 12. The minimum Gasteiger partial charge on any atom is -0.756 e. The van der Waals surface area contributed by atoms with Crippen LogP contribution in [0.2, 0.25) is 0 Å². The molecule has 0 aliphatic carbocycles. The van der Waals surface area contributed by atoms with E-state index >= 15 is 0 Å². The minimum absolute atomic E-state index is 0.0186. The summed E-state index contributed by atoms with van der Waals surface area (Å²) in [6.45, 7) is 5.24. The smallest absolute Gasteiger partial charge is 0.306 e. The molecular formula is C51H92NO7P. The second-order valence-corrected chi connectivity index (χ2v) is 18.5. The third-order valence-corrected chi connectivity index (χ3v) is 11.0. The van der Waals surface area contributed by atoms with E-state index in [0.29, 0.717) is 24.1 Å². The molecule has 9 heteroatoms. The molecule has 0 heterocycles. The maximum absolute atomic E-state index is 12.7. The summed E-state index contributed by atoms with van der Waals surface area (Å²) in [4.78, 5) is 25.1. The number of phosphoric ester groups is 1. The second kappa shape index (κ2) is 43.6. The van der Waals surface area contributed by atoms with Crippen molar-refractivity contribution in [1.82, 2.24) is 0 Å². The van der Waals surface area contributed by atoms with E-state index in [-0.39, 0.29) is 25.8 Å². The van der Waals surface area contributed by atoms with Gasteiger partial charge in [-0.1, -0.05) is 170 Å². The number of ether oxygens (including phenoxy) is 2. The molecule has 0 fully saturated rings. The first-order chi connectivity index (χ1) is 29.1. The first-order valence-electron chi connectivity index (χ1n) is 24.2. The van der Waals surface area contributed by atoms with Crippen LogP contribution in [0.15, 0.2) is 72.9 Å². The monoisotopic (exact) mass is 862 g/mol. The van der Waals surface area contributed by atoms with Crippen molar-refractivity contribution in [2.24, 2.45) is 0 Å². The molecule has 0 saturated carbocycles. The highest BCUT2D eigenvalue weighted by molar-refractivity contribution is 7.45. The summed E-state index contributed by atoms with van der Waals surface area (Å²) in [5.41, 5.74) is 0. The van der Waals surface area contributed by atoms with Crippen LogP contribution in [-0.2, 0) is 27.9 Å². The number of carbonyl (C=O) groups is 1. The summed E-state index contributed by atoms with van der Waals surface area (Å²) < 4.78 is 34.7. The van der Waals surface area contributed by atoms with Crippen LogP contribution in [0.5, 0.6) is 0 Å². The lowest BCUT2D eigenvalue weighted by Gasteiger charge is -2.28. The number of carbonyl (C=O) groups excluding carboxylic acids is 1. The van der Waals surface area contributed by atoms with E-state index in [4.69, 9.17) is 18.5 Å².